The summed E-state index contributed by atoms with van der Waals surface area (Å²) in [5, 5.41) is 5.74. The number of carbonyl (C=O) groups is 1. The zero-order valence-electron chi connectivity index (χ0n) is 8.03. The first-order valence-corrected chi connectivity index (χ1v) is 4.75. The van der Waals surface area contributed by atoms with E-state index >= 15 is 0 Å². The Morgan fingerprint density at radius 3 is 3.13 bits per heavy atom. The van der Waals surface area contributed by atoms with Crippen LogP contribution in [0.3, 0.4) is 0 Å². The number of halogens is 1. The van der Waals surface area contributed by atoms with E-state index in [2.05, 4.69) is 20.6 Å². The van der Waals surface area contributed by atoms with Crippen LogP contribution < -0.4 is 10.6 Å². The molecule has 1 atom stereocenters. The molecule has 0 spiro atoms. The summed E-state index contributed by atoms with van der Waals surface area (Å²) in [7, 11) is 0. The molecule has 0 radical (unpaired) electrons. The van der Waals surface area contributed by atoms with Crippen LogP contribution in [0.5, 0.6) is 0 Å². The van der Waals surface area contributed by atoms with Crippen LogP contribution in [-0.2, 0) is 4.79 Å². The first-order chi connectivity index (χ1) is 7.24. The smallest absolute Gasteiger partial charge is 0.220 e. The van der Waals surface area contributed by atoms with E-state index in [4.69, 9.17) is 0 Å². The highest BCUT2D eigenvalue weighted by Gasteiger charge is 2.20. The van der Waals surface area contributed by atoms with E-state index in [1.54, 1.807) is 0 Å². The monoisotopic (exact) mass is 210 g/mol. The van der Waals surface area contributed by atoms with Gasteiger partial charge in [-0.25, -0.2) is 9.97 Å². The molecule has 1 aliphatic heterocycles. The van der Waals surface area contributed by atoms with E-state index in [1.807, 2.05) is 0 Å². The van der Waals surface area contributed by atoms with Crippen molar-refractivity contribution in [2.75, 3.05) is 11.9 Å². The molecule has 2 heterocycles. The molecule has 2 N–H and O–H groups in total. The van der Waals surface area contributed by atoms with Crippen molar-refractivity contribution in [3.05, 3.63) is 18.3 Å². The summed E-state index contributed by atoms with van der Waals surface area (Å²) in [6.07, 6.45) is 2.52. The molecule has 1 aromatic heterocycles. The lowest BCUT2D eigenvalue weighted by molar-refractivity contribution is -0.119. The van der Waals surface area contributed by atoms with Crippen molar-refractivity contribution in [2.45, 2.75) is 18.9 Å². The van der Waals surface area contributed by atoms with Crippen molar-refractivity contribution in [1.82, 2.24) is 15.3 Å². The molecule has 1 aliphatic rings. The van der Waals surface area contributed by atoms with Crippen molar-refractivity contribution in [3.8, 4) is 0 Å². The third-order valence-corrected chi connectivity index (χ3v) is 2.25. The second-order valence-electron chi connectivity index (χ2n) is 3.41. The summed E-state index contributed by atoms with van der Waals surface area (Å²) in [6, 6.07) is 1.33. The SMILES string of the molecule is O=C1CCC(CNc2cc(F)ncn2)N1. The molecule has 5 nitrogen and oxygen atoms in total. The number of amides is 1. The predicted octanol–water partition coefficient (Wildman–Crippen LogP) is 0.306. The molecule has 0 bridgehead atoms. The van der Waals surface area contributed by atoms with Crippen LogP contribution in [0.1, 0.15) is 12.8 Å². The molecule has 2 rings (SSSR count). The highest BCUT2D eigenvalue weighted by Crippen LogP contribution is 2.08. The molecule has 6 heteroatoms. The fraction of sp³-hybridized carbons (Fsp3) is 0.444. The van der Waals surface area contributed by atoms with E-state index in [1.165, 1.54) is 6.07 Å². The second-order valence-corrected chi connectivity index (χ2v) is 3.41. The molecule has 0 aromatic carbocycles. The van der Waals surface area contributed by atoms with E-state index in [9.17, 15) is 9.18 Å². The Labute approximate surface area is 86.1 Å². The maximum absolute atomic E-state index is 12.7. The summed E-state index contributed by atoms with van der Waals surface area (Å²) in [4.78, 5) is 18.1. The van der Waals surface area contributed by atoms with Gasteiger partial charge in [-0.05, 0) is 6.42 Å². The maximum Gasteiger partial charge on any atom is 0.220 e. The number of nitrogens with zero attached hydrogens (tertiary/aromatic N) is 2. The topological polar surface area (TPSA) is 66.9 Å². The number of carbonyl (C=O) groups excluding carboxylic acids is 1. The van der Waals surface area contributed by atoms with Gasteiger partial charge < -0.3 is 10.6 Å². The first-order valence-electron chi connectivity index (χ1n) is 4.75. The average molecular weight is 210 g/mol. The van der Waals surface area contributed by atoms with Gasteiger partial charge in [0, 0.05) is 25.1 Å². The third kappa shape index (κ3) is 2.61. The Morgan fingerprint density at radius 2 is 2.47 bits per heavy atom. The standard InChI is InChI=1S/C9H11FN4O/c10-7-3-8(13-5-12-7)11-4-6-1-2-9(15)14-6/h3,5-6H,1-2,4H2,(H,14,15)(H,11,12,13). The van der Waals surface area contributed by atoms with Gasteiger partial charge >= 0.3 is 0 Å². The predicted molar refractivity (Wildman–Crippen MR) is 51.6 cm³/mol. The molecular formula is C9H11FN4O. The fourth-order valence-corrected chi connectivity index (χ4v) is 1.49. The highest BCUT2D eigenvalue weighted by atomic mass is 19.1. The van der Waals surface area contributed by atoms with Crippen molar-refractivity contribution < 1.29 is 9.18 Å². The molecule has 1 fully saturated rings. The molecule has 1 saturated heterocycles. The van der Waals surface area contributed by atoms with E-state index < -0.39 is 5.95 Å². The lowest BCUT2D eigenvalue weighted by Gasteiger charge is -2.11. The number of nitrogens with one attached hydrogen (secondary N) is 2. The van der Waals surface area contributed by atoms with Gasteiger partial charge in [-0.2, -0.15) is 4.39 Å². The number of anilines is 1. The Kier molecular flexibility index (Phi) is 2.75. The quantitative estimate of drug-likeness (QED) is 0.704. The lowest BCUT2D eigenvalue weighted by atomic mass is 10.2. The normalized spacial score (nSPS) is 20.1. The first kappa shape index (κ1) is 9.82. The van der Waals surface area contributed by atoms with Gasteiger partial charge in [-0.3, -0.25) is 4.79 Å². The molecular weight excluding hydrogens is 199 g/mol. The summed E-state index contributed by atoms with van der Waals surface area (Å²) in [6.45, 7) is 0.558. The van der Waals surface area contributed by atoms with Crippen molar-refractivity contribution in [2.24, 2.45) is 0 Å². The molecule has 1 amide bonds. The number of rotatable bonds is 3. The molecule has 15 heavy (non-hydrogen) atoms. The van der Waals surface area contributed by atoms with E-state index in [0.29, 0.717) is 18.8 Å². The van der Waals surface area contributed by atoms with Gasteiger partial charge in [0.1, 0.15) is 12.1 Å². The summed E-state index contributed by atoms with van der Waals surface area (Å²) in [5.74, 6) is -0.0673. The molecule has 80 valence electrons. The van der Waals surface area contributed by atoms with Gasteiger partial charge in [-0.1, -0.05) is 0 Å². The van der Waals surface area contributed by atoms with Gasteiger partial charge in [0.25, 0.3) is 0 Å². The van der Waals surface area contributed by atoms with Crippen LogP contribution in [-0.4, -0.2) is 28.5 Å². The Bertz CT molecular complexity index is 371. The minimum absolute atomic E-state index is 0.0654. The largest absolute Gasteiger partial charge is 0.368 e. The Morgan fingerprint density at radius 1 is 1.60 bits per heavy atom. The maximum atomic E-state index is 12.7. The second kappa shape index (κ2) is 4.20. The molecule has 0 aliphatic carbocycles. The lowest BCUT2D eigenvalue weighted by Crippen LogP contribution is -2.32. The zero-order valence-corrected chi connectivity index (χ0v) is 8.03. The van der Waals surface area contributed by atoms with Crippen LogP contribution in [0, 0.1) is 5.95 Å². The summed E-state index contributed by atoms with van der Waals surface area (Å²) in [5.41, 5.74) is 0. The zero-order chi connectivity index (χ0) is 10.7. The van der Waals surface area contributed by atoms with Crippen LogP contribution in [0.15, 0.2) is 12.4 Å². The van der Waals surface area contributed by atoms with Crippen LogP contribution >= 0.6 is 0 Å². The van der Waals surface area contributed by atoms with Gasteiger partial charge in [0.15, 0.2) is 0 Å². The van der Waals surface area contributed by atoms with Crippen LogP contribution in [0.25, 0.3) is 0 Å². The fourth-order valence-electron chi connectivity index (χ4n) is 1.49. The van der Waals surface area contributed by atoms with Crippen molar-refractivity contribution in [1.29, 1.82) is 0 Å². The average Bonchev–Trinajstić information content (AvgIpc) is 2.62. The highest BCUT2D eigenvalue weighted by molar-refractivity contribution is 5.78. The van der Waals surface area contributed by atoms with E-state index in [-0.39, 0.29) is 11.9 Å². The minimum atomic E-state index is -0.567. The Balaban J connectivity index is 1.85. The van der Waals surface area contributed by atoms with Gasteiger partial charge in [-0.15, -0.1) is 0 Å². The number of hydrogen-bond donors (Lipinski definition) is 2. The van der Waals surface area contributed by atoms with Crippen LogP contribution in [0.2, 0.25) is 0 Å². The summed E-state index contributed by atoms with van der Waals surface area (Å²) < 4.78 is 12.7. The third-order valence-electron chi connectivity index (χ3n) is 2.25. The Hall–Kier alpha value is -1.72. The van der Waals surface area contributed by atoms with Gasteiger partial charge in [0.05, 0.1) is 0 Å². The number of aromatic nitrogens is 2. The van der Waals surface area contributed by atoms with Crippen molar-refractivity contribution in [3.63, 3.8) is 0 Å². The minimum Gasteiger partial charge on any atom is -0.368 e. The van der Waals surface area contributed by atoms with Crippen molar-refractivity contribution >= 4 is 11.7 Å². The number of hydrogen-bond acceptors (Lipinski definition) is 4. The van der Waals surface area contributed by atoms with Crippen LogP contribution in [0.4, 0.5) is 10.2 Å². The molecule has 1 aromatic rings. The summed E-state index contributed by atoms with van der Waals surface area (Å²) >= 11 is 0. The molecule has 1 unspecified atom stereocenters. The van der Waals surface area contributed by atoms with Gasteiger partial charge in [0.2, 0.25) is 11.9 Å². The van der Waals surface area contributed by atoms with E-state index in [0.717, 1.165) is 12.7 Å². The molecule has 0 saturated carbocycles.